The van der Waals surface area contributed by atoms with Crippen molar-refractivity contribution in [3.05, 3.63) is 80.4 Å². The molecule has 8 heteroatoms. The van der Waals surface area contributed by atoms with Crippen LogP contribution in [0.25, 0.3) is 4.96 Å². The van der Waals surface area contributed by atoms with Crippen molar-refractivity contribution >= 4 is 39.5 Å². The van der Waals surface area contributed by atoms with Crippen molar-refractivity contribution in [2.75, 3.05) is 13.1 Å². The quantitative estimate of drug-likeness (QED) is 0.367. The van der Waals surface area contributed by atoms with Crippen molar-refractivity contribution in [3.63, 3.8) is 0 Å². The number of halogens is 2. The minimum Gasteiger partial charge on any atom is -0.492 e. The summed E-state index contributed by atoms with van der Waals surface area (Å²) in [6, 6.07) is 16.3. The lowest BCUT2D eigenvalue weighted by atomic mass is 9.89. The zero-order chi connectivity index (χ0) is 22.2. The van der Waals surface area contributed by atoms with Gasteiger partial charge in [-0.3, -0.25) is 4.90 Å². The van der Waals surface area contributed by atoms with Gasteiger partial charge >= 0.3 is 0 Å². The monoisotopic (exact) mass is 486 g/mol. The number of piperidine rings is 1. The predicted octanol–water partition coefficient (Wildman–Crippen LogP) is 6.16. The molecule has 0 spiro atoms. The molecule has 2 aromatic carbocycles. The van der Waals surface area contributed by atoms with Gasteiger partial charge in [-0.05, 0) is 68.5 Å². The predicted molar refractivity (Wildman–Crippen MR) is 130 cm³/mol. The standard InChI is InChI=1S/C24H24Cl2N4OS/c1-15-27-24-30(28-15)23(31)22(32-24)21(18-7-8-19(25)20(26)14-18)29-11-9-17(10-12-29)13-16-5-3-2-4-6-16/h2-8,14,17,21,31H,9-13H2,1H3/t21-/m1/s1. The van der Waals surface area contributed by atoms with Crippen molar-refractivity contribution in [2.45, 2.75) is 32.2 Å². The van der Waals surface area contributed by atoms with Gasteiger partial charge in [0.05, 0.1) is 21.0 Å². The number of fused-ring (bicyclic) bond motifs is 1. The van der Waals surface area contributed by atoms with Gasteiger partial charge in [-0.25, -0.2) is 4.98 Å². The van der Waals surface area contributed by atoms with Gasteiger partial charge in [-0.2, -0.15) is 4.52 Å². The highest BCUT2D eigenvalue weighted by atomic mass is 35.5. The van der Waals surface area contributed by atoms with E-state index in [2.05, 4.69) is 45.3 Å². The van der Waals surface area contributed by atoms with E-state index in [0.29, 0.717) is 26.7 Å². The van der Waals surface area contributed by atoms with Gasteiger partial charge in [0.1, 0.15) is 5.82 Å². The van der Waals surface area contributed by atoms with Crippen LogP contribution < -0.4 is 0 Å². The largest absolute Gasteiger partial charge is 0.492 e. The summed E-state index contributed by atoms with van der Waals surface area (Å²) >= 11 is 14.0. The van der Waals surface area contributed by atoms with E-state index >= 15 is 0 Å². The van der Waals surface area contributed by atoms with Gasteiger partial charge < -0.3 is 5.11 Å². The van der Waals surface area contributed by atoms with Crippen molar-refractivity contribution in [2.24, 2.45) is 5.92 Å². The number of hydrogen-bond acceptors (Lipinski definition) is 5. The van der Waals surface area contributed by atoms with Crippen molar-refractivity contribution in [1.82, 2.24) is 19.5 Å². The van der Waals surface area contributed by atoms with E-state index < -0.39 is 0 Å². The van der Waals surface area contributed by atoms with Crippen molar-refractivity contribution in [1.29, 1.82) is 0 Å². The van der Waals surface area contributed by atoms with Crippen LogP contribution in [0.5, 0.6) is 5.88 Å². The molecule has 2 aromatic heterocycles. The molecule has 1 N–H and O–H groups in total. The van der Waals surface area contributed by atoms with E-state index in [4.69, 9.17) is 23.2 Å². The Kier molecular flexibility index (Phi) is 6.12. The summed E-state index contributed by atoms with van der Waals surface area (Å²) < 4.78 is 1.53. The number of benzene rings is 2. The Morgan fingerprint density at radius 2 is 1.84 bits per heavy atom. The Balaban J connectivity index is 1.44. The van der Waals surface area contributed by atoms with Crippen LogP contribution >= 0.6 is 34.5 Å². The maximum atomic E-state index is 11.0. The first-order chi connectivity index (χ1) is 15.5. The van der Waals surface area contributed by atoms with Crippen LogP contribution in [-0.2, 0) is 6.42 Å². The van der Waals surface area contributed by atoms with Crippen LogP contribution in [0.2, 0.25) is 10.0 Å². The highest BCUT2D eigenvalue weighted by molar-refractivity contribution is 7.17. The van der Waals surface area contributed by atoms with Gasteiger partial charge in [-0.1, -0.05) is 70.9 Å². The fourth-order valence-corrected chi connectivity index (χ4v) is 6.07. The first-order valence-electron chi connectivity index (χ1n) is 10.8. The Morgan fingerprint density at radius 1 is 1.09 bits per heavy atom. The second-order valence-corrected chi connectivity index (χ2v) is 10.2. The number of nitrogens with zero attached hydrogens (tertiary/aromatic N) is 4. The molecule has 4 aromatic rings. The molecule has 0 amide bonds. The molecule has 1 aliphatic rings. The summed E-state index contributed by atoms with van der Waals surface area (Å²) in [7, 11) is 0. The third-order valence-corrected chi connectivity index (χ3v) is 8.01. The summed E-state index contributed by atoms with van der Waals surface area (Å²) in [6.07, 6.45) is 3.31. The van der Waals surface area contributed by atoms with Crippen LogP contribution in [-0.4, -0.2) is 37.7 Å². The number of thiazole rings is 1. The SMILES string of the molecule is Cc1nc2sc([C@@H](c3ccc(Cl)c(Cl)c3)N3CCC(Cc4ccccc4)CC3)c(O)n2n1. The number of rotatable bonds is 5. The Hall–Kier alpha value is -2.12. The zero-order valence-electron chi connectivity index (χ0n) is 17.7. The first kappa shape index (κ1) is 21.7. The van der Waals surface area contributed by atoms with Crippen LogP contribution in [0.3, 0.4) is 0 Å². The molecule has 1 saturated heterocycles. The van der Waals surface area contributed by atoms with E-state index in [9.17, 15) is 5.11 Å². The summed E-state index contributed by atoms with van der Waals surface area (Å²) in [6.45, 7) is 3.70. The van der Waals surface area contributed by atoms with Crippen molar-refractivity contribution in [3.8, 4) is 5.88 Å². The minimum atomic E-state index is -0.128. The lowest BCUT2D eigenvalue weighted by Crippen LogP contribution is -2.37. The fourth-order valence-electron chi connectivity index (χ4n) is 4.60. The summed E-state index contributed by atoms with van der Waals surface area (Å²) in [5, 5.41) is 16.4. The topological polar surface area (TPSA) is 53.7 Å². The Bertz CT molecular complexity index is 1230. The third-order valence-electron chi connectivity index (χ3n) is 6.19. The Labute approximate surface area is 201 Å². The summed E-state index contributed by atoms with van der Waals surface area (Å²) in [5.41, 5.74) is 2.41. The molecular weight excluding hydrogens is 463 g/mol. The van der Waals surface area contributed by atoms with E-state index in [-0.39, 0.29) is 11.9 Å². The average molecular weight is 487 g/mol. The zero-order valence-corrected chi connectivity index (χ0v) is 20.0. The van der Waals surface area contributed by atoms with Crippen LogP contribution in [0.4, 0.5) is 0 Å². The number of likely N-dealkylation sites (tertiary alicyclic amines) is 1. The van der Waals surface area contributed by atoms with Gasteiger partial charge in [0.2, 0.25) is 10.8 Å². The van der Waals surface area contributed by atoms with Crippen LogP contribution in [0.15, 0.2) is 48.5 Å². The van der Waals surface area contributed by atoms with E-state index in [0.717, 1.165) is 42.8 Å². The second-order valence-electron chi connectivity index (χ2n) is 8.39. The molecule has 166 valence electrons. The number of aryl methyl sites for hydroxylation is 1. The van der Waals surface area contributed by atoms with Crippen LogP contribution in [0, 0.1) is 12.8 Å². The molecule has 1 fully saturated rings. The smallest absolute Gasteiger partial charge is 0.230 e. The van der Waals surface area contributed by atoms with E-state index in [1.54, 1.807) is 0 Å². The molecule has 0 saturated carbocycles. The Morgan fingerprint density at radius 3 is 2.53 bits per heavy atom. The first-order valence-corrected chi connectivity index (χ1v) is 12.3. The highest BCUT2D eigenvalue weighted by Gasteiger charge is 2.32. The molecule has 0 aliphatic carbocycles. The number of aromatic nitrogens is 3. The summed E-state index contributed by atoms with van der Waals surface area (Å²) in [5.74, 6) is 1.45. The molecule has 0 unspecified atom stereocenters. The average Bonchev–Trinajstić information content (AvgIpc) is 3.30. The molecule has 1 atom stereocenters. The second kappa shape index (κ2) is 9.02. The molecule has 32 heavy (non-hydrogen) atoms. The molecule has 1 aliphatic heterocycles. The molecular formula is C24H24Cl2N4OS. The van der Waals surface area contributed by atoms with Gasteiger partial charge in [-0.15, -0.1) is 5.10 Å². The van der Waals surface area contributed by atoms with Crippen LogP contribution in [0.1, 0.15) is 40.7 Å². The van der Waals surface area contributed by atoms with Crippen molar-refractivity contribution < 1.29 is 5.11 Å². The molecule has 5 rings (SSSR count). The lowest BCUT2D eigenvalue weighted by molar-refractivity contribution is 0.150. The highest BCUT2D eigenvalue weighted by Crippen LogP contribution is 2.42. The maximum Gasteiger partial charge on any atom is 0.230 e. The normalized spacial score (nSPS) is 16.6. The fraction of sp³-hybridized carbons (Fsp3) is 0.333. The molecule has 0 radical (unpaired) electrons. The molecule has 5 nitrogen and oxygen atoms in total. The molecule has 3 heterocycles. The lowest BCUT2D eigenvalue weighted by Gasteiger charge is -2.37. The van der Waals surface area contributed by atoms with Gasteiger partial charge in [0.15, 0.2) is 0 Å². The van der Waals surface area contributed by atoms with Gasteiger partial charge in [0.25, 0.3) is 0 Å². The summed E-state index contributed by atoms with van der Waals surface area (Å²) in [4.78, 5) is 8.41. The third kappa shape index (κ3) is 4.25. The number of hydrogen-bond donors (Lipinski definition) is 1. The van der Waals surface area contributed by atoms with E-state index in [1.165, 1.54) is 21.4 Å². The maximum absolute atomic E-state index is 11.0. The molecule has 0 bridgehead atoms. The van der Waals surface area contributed by atoms with Gasteiger partial charge in [0, 0.05) is 0 Å². The van der Waals surface area contributed by atoms with E-state index in [1.807, 2.05) is 25.1 Å². The number of aromatic hydroxyl groups is 1. The minimum absolute atomic E-state index is 0.128.